The molecule has 4 aromatic rings. The standard InChI is InChI=1S/C20H34N2O4S2.C19H32N2O4S2.C18H30N2O4S2.C17H28N2O4S2/c1-4-7-10-13-27-19-17(22(11-8-5-2)12-9-6-3)14-16(20(23)24)15-18(19)28(21,25)26;1-4-7-10-21(11-8-5-2)16-13-15(19(22)23)14-17(27(20,24)25)18(16)26-12-9-6-3;1-4-7-9-20(10-8-5-2)15-12-14(18(21)22)13-16(26(19,23)24)17(15)25-11-6-3;1-4-7-9-19(10-8-5-2)14-11-13(17(20)21)12-15(25(18,22)23)16(14)24-6-3/h14-15H,4-13H2,1-3H3,(H,23,24)(H2,21,25,26);13-14H,4-12H2,1-3H3,(H,22,23)(H2,20,24,25);12-13H,4-11H2,1-3H3,(H,21,22)(H2,19,23,24);11-12H,4-10H2,1-3H3,(H,20,21)(H2,18,22,23). The number of aromatic carboxylic acids is 4. The SMILES string of the molecule is CCCCCSc1c(N(CCCC)CCCC)cc(C(=O)O)cc1S(N)(=O)=O.CCCCN(CCCC)c1cc(C(=O)O)cc(S(N)(=O)=O)c1SCC.CCCCN(CCCC)c1cc(C(=O)O)cc(S(N)(=O)=O)c1SCCC.CCCCSc1c(N(CCCC)CCCC)cc(C(=O)O)cc1S(N)(=O)=O. The van der Waals surface area contributed by atoms with Gasteiger partial charge in [-0.3, -0.25) is 0 Å². The van der Waals surface area contributed by atoms with E-state index in [1.54, 1.807) is 24.3 Å². The van der Waals surface area contributed by atoms with Gasteiger partial charge in [-0.05, 0) is 142 Å². The van der Waals surface area contributed by atoms with E-state index in [1.807, 2.05) is 13.8 Å². The molecule has 0 radical (unpaired) electrons. The fraction of sp³-hybridized carbons (Fsp3) is 0.622. The van der Waals surface area contributed by atoms with E-state index in [2.05, 4.69) is 88.8 Å². The molecule has 0 amide bonds. The highest BCUT2D eigenvalue weighted by Crippen LogP contribution is 2.42. The fourth-order valence-electron chi connectivity index (χ4n) is 10.6. The number of sulfonamides is 4. The van der Waals surface area contributed by atoms with Crippen molar-refractivity contribution in [2.75, 3.05) is 95.0 Å². The number of unbranched alkanes of at least 4 members (excludes halogenated alkanes) is 11. The number of carboxylic acid groups (broad SMARTS) is 4. The molecule has 106 heavy (non-hydrogen) atoms. The second-order valence-electron chi connectivity index (χ2n) is 25.5. The summed E-state index contributed by atoms with van der Waals surface area (Å²) in [5.74, 6) is -1.70. The van der Waals surface area contributed by atoms with E-state index in [0.29, 0.717) is 48.1 Å². The Morgan fingerprint density at radius 3 is 0.660 bits per heavy atom. The number of hydrogen-bond acceptors (Lipinski definition) is 20. The van der Waals surface area contributed by atoms with Gasteiger partial charge in [0, 0.05) is 52.4 Å². The van der Waals surface area contributed by atoms with Crippen molar-refractivity contribution in [3.8, 4) is 0 Å². The Balaban J connectivity index is 0.000000707. The quantitative estimate of drug-likeness (QED) is 0.0150. The number of hydrogen-bond donors (Lipinski definition) is 8. The van der Waals surface area contributed by atoms with Gasteiger partial charge < -0.3 is 40.0 Å². The zero-order valence-electron chi connectivity index (χ0n) is 64.7. The normalized spacial score (nSPS) is 11.5. The number of anilines is 4. The van der Waals surface area contributed by atoms with Crippen LogP contribution in [0.5, 0.6) is 0 Å². The molecule has 0 saturated carbocycles. The number of rotatable bonds is 50. The molecular weight excluding hydrogens is 1510 g/mol. The van der Waals surface area contributed by atoms with Crippen molar-refractivity contribution in [1.29, 1.82) is 0 Å². The molecule has 0 heterocycles. The highest BCUT2D eigenvalue weighted by atomic mass is 32.2. The van der Waals surface area contributed by atoms with Gasteiger partial charge in [-0.1, -0.05) is 154 Å². The first-order chi connectivity index (χ1) is 50.0. The van der Waals surface area contributed by atoms with Gasteiger partial charge in [-0.2, -0.15) is 0 Å². The van der Waals surface area contributed by atoms with E-state index in [0.717, 1.165) is 217 Å². The number of carbonyl (C=O) groups is 4. The van der Waals surface area contributed by atoms with E-state index >= 15 is 0 Å². The number of nitrogens with zero attached hydrogens (tertiary/aromatic N) is 4. The second-order valence-corrected chi connectivity index (χ2v) is 36.2. The van der Waals surface area contributed by atoms with Gasteiger partial charge in [0.05, 0.1) is 84.2 Å². The van der Waals surface area contributed by atoms with Gasteiger partial charge in [-0.25, -0.2) is 73.4 Å². The van der Waals surface area contributed by atoms with Gasteiger partial charge >= 0.3 is 23.9 Å². The van der Waals surface area contributed by atoms with Crippen molar-refractivity contribution in [2.45, 2.75) is 264 Å². The number of primary sulfonamides is 4. The van der Waals surface area contributed by atoms with Crippen molar-refractivity contribution in [3.05, 3.63) is 70.8 Å². The summed E-state index contributed by atoms with van der Waals surface area (Å²) in [5, 5.41) is 59.5. The summed E-state index contributed by atoms with van der Waals surface area (Å²) >= 11 is 5.71. The lowest BCUT2D eigenvalue weighted by Crippen LogP contribution is -2.27. The molecule has 0 aromatic heterocycles. The molecule has 32 heteroatoms. The first-order valence-electron chi connectivity index (χ1n) is 37.3. The van der Waals surface area contributed by atoms with Crippen LogP contribution in [0.4, 0.5) is 22.7 Å². The molecule has 604 valence electrons. The average molecular weight is 1640 g/mol. The highest BCUT2D eigenvalue weighted by Gasteiger charge is 2.29. The Labute approximate surface area is 652 Å². The molecule has 0 aliphatic rings. The molecule has 0 saturated heterocycles. The van der Waals surface area contributed by atoms with Gasteiger partial charge in [0.2, 0.25) is 40.1 Å². The Bertz CT molecular complexity index is 3800. The van der Waals surface area contributed by atoms with E-state index in [-0.39, 0.29) is 41.8 Å². The lowest BCUT2D eigenvalue weighted by atomic mass is 10.1. The van der Waals surface area contributed by atoms with Gasteiger partial charge in [0.25, 0.3) is 0 Å². The lowest BCUT2D eigenvalue weighted by molar-refractivity contribution is 0.0685. The zero-order valence-corrected chi connectivity index (χ0v) is 71.2. The molecule has 0 unspecified atom stereocenters. The Hall–Kier alpha value is -5.00. The van der Waals surface area contributed by atoms with Crippen LogP contribution in [0.3, 0.4) is 0 Å². The molecule has 0 fully saturated rings. The minimum Gasteiger partial charge on any atom is -0.478 e. The molecule has 4 aromatic carbocycles. The van der Waals surface area contributed by atoms with Crippen LogP contribution < -0.4 is 40.2 Å². The maximum absolute atomic E-state index is 12.3. The Morgan fingerprint density at radius 1 is 0.283 bits per heavy atom. The van der Waals surface area contributed by atoms with Crippen LogP contribution in [0, 0.1) is 0 Å². The maximum Gasteiger partial charge on any atom is 0.335 e. The molecule has 0 spiro atoms. The third-order valence-corrected chi connectivity index (χ3v) is 25.5. The number of thioether (sulfide) groups is 4. The van der Waals surface area contributed by atoms with Gasteiger partial charge in [-0.15, -0.1) is 47.0 Å². The molecule has 0 aliphatic carbocycles. The Morgan fingerprint density at radius 2 is 0.481 bits per heavy atom. The maximum atomic E-state index is 12.3. The summed E-state index contributed by atoms with van der Waals surface area (Å²) in [6.07, 6.45) is 21.5. The molecule has 4 rings (SSSR count). The van der Waals surface area contributed by atoms with Crippen molar-refractivity contribution in [3.63, 3.8) is 0 Å². The summed E-state index contributed by atoms with van der Waals surface area (Å²) in [6.45, 7) is 30.9. The van der Waals surface area contributed by atoms with E-state index < -0.39 is 64.0 Å². The predicted molar refractivity (Wildman–Crippen MR) is 441 cm³/mol. The first-order valence-corrected chi connectivity index (χ1v) is 47.4. The van der Waals surface area contributed by atoms with E-state index in [4.69, 9.17) is 20.6 Å². The van der Waals surface area contributed by atoms with Crippen LogP contribution in [0.1, 0.15) is 266 Å². The summed E-state index contributed by atoms with van der Waals surface area (Å²) < 4.78 is 97.4. The molecule has 24 nitrogen and oxygen atoms in total. The molecular formula is C74H124N8O16S8. The van der Waals surface area contributed by atoms with Crippen LogP contribution in [0.15, 0.2) is 87.7 Å². The topological polar surface area (TPSA) is 403 Å². The highest BCUT2D eigenvalue weighted by molar-refractivity contribution is 8.01. The van der Waals surface area contributed by atoms with Crippen molar-refractivity contribution in [2.24, 2.45) is 20.6 Å². The van der Waals surface area contributed by atoms with Crippen LogP contribution in [-0.4, -0.2) is 153 Å². The summed E-state index contributed by atoms with van der Waals surface area (Å²) in [4.78, 5) is 56.6. The number of benzene rings is 4. The van der Waals surface area contributed by atoms with Crippen LogP contribution in [0.2, 0.25) is 0 Å². The van der Waals surface area contributed by atoms with Crippen molar-refractivity contribution < 1.29 is 73.3 Å². The summed E-state index contributed by atoms with van der Waals surface area (Å²) in [6, 6.07) is 11.1. The van der Waals surface area contributed by atoms with Crippen LogP contribution >= 0.6 is 47.0 Å². The molecule has 0 bridgehead atoms. The largest absolute Gasteiger partial charge is 0.478 e. The zero-order chi connectivity index (χ0) is 80.4. The van der Waals surface area contributed by atoms with E-state index in [9.17, 15) is 73.3 Å². The monoisotopic (exact) mass is 1640 g/mol. The van der Waals surface area contributed by atoms with Crippen LogP contribution in [-0.2, 0) is 40.1 Å². The van der Waals surface area contributed by atoms with Gasteiger partial charge in [0.1, 0.15) is 0 Å². The molecule has 12 N–H and O–H groups in total. The second kappa shape index (κ2) is 52.2. The molecule has 0 atom stereocenters. The lowest BCUT2D eigenvalue weighted by Gasteiger charge is -2.28. The first kappa shape index (κ1) is 99.0. The fourth-order valence-corrected chi connectivity index (χ4v) is 19.4. The van der Waals surface area contributed by atoms with Crippen LogP contribution in [0.25, 0.3) is 0 Å². The Kier molecular flexibility index (Phi) is 48.8. The van der Waals surface area contributed by atoms with Crippen molar-refractivity contribution >= 4 is 134 Å². The average Bonchev–Trinajstić information content (AvgIpc) is 0.817. The third-order valence-electron chi connectivity index (χ3n) is 16.4. The third kappa shape index (κ3) is 34.9. The van der Waals surface area contributed by atoms with Gasteiger partial charge in [0.15, 0.2) is 0 Å². The summed E-state index contributed by atoms with van der Waals surface area (Å²) in [7, 11) is -16.1. The number of carboxylic acids is 4. The van der Waals surface area contributed by atoms with Crippen molar-refractivity contribution in [1.82, 2.24) is 0 Å². The summed E-state index contributed by atoms with van der Waals surface area (Å²) in [5.41, 5.74) is 2.45. The predicted octanol–water partition coefficient (Wildman–Crippen LogP) is 16.5. The minimum atomic E-state index is -4.04. The smallest absolute Gasteiger partial charge is 0.335 e. The van der Waals surface area contributed by atoms with E-state index in [1.165, 1.54) is 65.2 Å². The number of nitrogens with two attached hydrogens (primary N) is 4. The minimum absolute atomic E-state index is 0.0464. The molecule has 0 aliphatic heterocycles.